The third kappa shape index (κ3) is 7.90. The predicted octanol–water partition coefficient (Wildman–Crippen LogP) is 4.26. The van der Waals surface area contributed by atoms with Gasteiger partial charge in [0.15, 0.2) is 0 Å². The molecule has 0 fully saturated rings. The molecule has 0 aliphatic rings. The first-order valence-electron chi connectivity index (χ1n) is 5.19. The van der Waals surface area contributed by atoms with Crippen molar-refractivity contribution in [1.29, 1.82) is 0 Å². The first-order chi connectivity index (χ1) is 6.25. The molecule has 0 aliphatic carbocycles. The van der Waals surface area contributed by atoms with Crippen LogP contribution in [0.4, 0.5) is 0 Å². The van der Waals surface area contributed by atoms with E-state index >= 15 is 0 Å². The van der Waals surface area contributed by atoms with Crippen LogP contribution >= 0.6 is 0 Å². The molecular formula is C11H27As3. The third-order valence-electron chi connectivity index (χ3n) is 2.09. The van der Waals surface area contributed by atoms with Gasteiger partial charge in [-0.1, -0.05) is 0 Å². The van der Waals surface area contributed by atoms with E-state index in [0.29, 0.717) is 0 Å². The zero-order valence-electron chi connectivity index (χ0n) is 11.0. The summed E-state index contributed by atoms with van der Waals surface area (Å²) in [4.78, 5) is 0. The van der Waals surface area contributed by atoms with E-state index in [1.807, 2.05) is 0 Å². The quantitative estimate of drug-likeness (QED) is 0.601. The average Bonchev–Trinajstić information content (AvgIpc) is 1.76. The maximum absolute atomic E-state index is 2.59. The third-order valence-corrected chi connectivity index (χ3v) is 10.9. The van der Waals surface area contributed by atoms with Gasteiger partial charge in [0.1, 0.15) is 0 Å². The fourth-order valence-corrected chi connectivity index (χ4v) is 16.0. The second kappa shape index (κ2) is 7.09. The summed E-state index contributed by atoms with van der Waals surface area (Å²) < 4.78 is 0. The van der Waals surface area contributed by atoms with Gasteiger partial charge in [0.2, 0.25) is 0 Å². The van der Waals surface area contributed by atoms with Gasteiger partial charge in [0.25, 0.3) is 0 Å². The molecule has 0 nitrogen and oxygen atoms in total. The molecule has 0 aliphatic heterocycles. The summed E-state index contributed by atoms with van der Waals surface area (Å²) in [6.07, 6.45) is 0. The summed E-state index contributed by atoms with van der Waals surface area (Å²) in [6, 6.07) is 0. The Labute approximate surface area is 105 Å². The summed E-state index contributed by atoms with van der Waals surface area (Å²) in [6.45, 7) is 2.59. The zero-order valence-corrected chi connectivity index (χ0v) is 16.6. The van der Waals surface area contributed by atoms with E-state index in [1.165, 1.54) is 0 Å². The summed E-state index contributed by atoms with van der Waals surface area (Å²) in [5, 5.41) is 4.79. The maximum atomic E-state index is 2.59. The van der Waals surface area contributed by atoms with Gasteiger partial charge in [0.05, 0.1) is 0 Å². The van der Waals surface area contributed by atoms with Crippen LogP contribution in [-0.4, -0.2) is 44.0 Å². The second-order valence-corrected chi connectivity index (χ2v) is 21.1. The zero-order chi connectivity index (χ0) is 11.4. The Morgan fingerprint density at radius 1 is 0.643 bits per heavy atom. The molecule has 3 heteroatoms. The topological polar surface area (TPSA) is 0 Å². The van der Waals surface area contributed by atoms with Gasteiger partial charge in [-0.05, 0) is 0 Å². The van der Waals surface area contributed by atoms with Crippen molar-refractivity contribution in [2.75, 3.05) is 0 Å². The van der Waals surface area contributed by atoms with Crippen LogP contribution in [0.5, 0.6) is 0 Å². The van der Waals surface area contributed by atoms with Gasteiger partial charge in [-0.25, -0.2) is 0 Å². The normalized spacial score (nSPS) is 13.3. The first-order valence-corrected chi connectivity index (χ1v) is 20.4. The van der Waals surface area contributed by atoms with Crippen molar-refractivity contribution in [2.45, 2.75) is 56.8 Å². The minimum atomic E-state index is -0.429. The van der Waals surface area contributed by atoms with Crippen LogP contribution in [-0.2, 0) is 0 Å². The van der Waals surface area contributed by atoms with E-state index in [0.717, 1.165) is 5.41 Å². The van der Waals surface area contributed by atoms with Gasteiger partial charge >= 0.3 is 106 Å². The van der Waals surface area contributed by atoms with Crippen molar-refractivity contribution in [1.82, 2.24) is 0 Å². The molecule has 0 unspecified atom stereocenters. The molecule has 0 aromatic heterocycles. The molecule has 0 saturated carbocycles. The molecule has 0 atom stereocenters. The van der Waals surface area contributed by atoms with Crippen LogP contribution in [0.25, 0.3) is 0 Å². The van der Waals surface area contributed by atoms with E-state index in [1.54, 1.807) is 15.6 Å². The van der Waals surface area contributed by atoms with E-state index in [4.69, 9.17) is 0 Å². The Balaban J connectivity index is 4.32. The van der Waals surface area contributed by atoms with Crippen molar-refractivity contribution >= 4 is 44.0 Å². The van der Waals surface area contributed by atoms with Crippen LogP contribution in [0, 0.1) is 5.41 Å². The van der Waals surface area contributed by atoms with Crippen LogP contribution in [0.1, 0.15) is 6.92 Å². The van der Waals surface area contributed by atoms with Crippen molar-refractivity contribution in [3.8, 4) is 0 Å². The van der Waals surface area contributed by atoms with Crippen LogP contribution in [0.15, 0.2) is 0 Å². The van der Waals surface area contributed by atoms with Gasteiger partial charge in [-0.3, -0.25) is 0 Å². The summed E-state index contributed by atoms with van der Waals surface area (Å²) in [5.74, 6) is 0. The molecular weight excluding hydrogens is 357 g/mol. The molecule has 0 aromatic rings. The molecule has 0 radical (unpaired) electrons. The second-order valence-electron chi connectivity index (χ2n) is 5.52. The van der Waals surface area contributed by atoms with Crippen LogP contribution < -0.4 is 0 Å². The Morgan fingerprint density at radius 3 is 1.00 bits per heavy atom. The molecule has 0 N–H and O–H groups in total. The SMILES string of the molecule is C[As](C)CC(C)(C[As](C)C)C[As](C)C. The van der Waals surface area contributed by atoms with Gasteiger partial charge < -0.3 is 0 Å². The van der Waals surface area contributed by atoms with Crippen LogP contribution in [0.2, 0.25) is 49.9 Å². The molecule has 0 aromatic carbocycles. The molecule has 86 valence electrons. The van der Waals surface area contributed by atoms with Crippen molar-refractivity contribution in [2.24, 2.45) is 5.41 Å². The molecule has 0 saturated heterocycles. The van der Waals surface area contributed by atoms with Crippen molar-refractivity contribution in [3.63, 3.8) is 0 Å². The number of hydrogen-bond donors (Lipinski definition) is 0. The number of rotatable bonds is 6. The minimum absolute atomic E-state index is 0.429. The van der Waals surface area contributed by atoms with Crippen molar-refractivity contribution in [3.05, 3.63) is 0 Å². The van der Waals surface area contributed by atoms with E-state index in [2.05, 4.69) is 41.2 Å². The summed E-state index contributed by atoms with van der Waals surface area (Å²) in [7, 11) is 0. The van der Waals surface area contributed by atoms with Gasteiger partial charge in [-0.15, -0.1) is 0 Å². The Bertz CT molecular complexity index is 126. The van der Waals surface area contributed by atoms with Gasteiger partial charge in [0, 0.05) is 0 Å². The summed E-state index contributed by atoms with van der Waals surface area (Å²) >= 11 is -1.29. The molecule has 0 spiro atoms. The predicted molar refractivity (Wildman–Crippen MR) is 75.0 cm³/mol. The monoisotopic (exact) mass is 384 g/mol. The number of hydrogen-bond acceptors (Lipinski definition) is 0. The Morgan fingerprint density at radius 2 is 0.857 bits per heavy atom. The molecule has 0 rings (SSSR count). The van der Waals surface area contributed by atoms with E-state index in [-0.39, 0.29) is 0 Å². The molecule has 0 amide bonds. The Hall–Kier alpha value is 1.68. The van der Waals surface area contributed by atoms with Crippen LogP contribution in [0.3, 0.4) is 0 Å². The Kier molecular flexibility index (Phi) is 7.94. The van der Waals surface area contributed by atoms with Crippen molar-refractivity contribution < 1.29 is 0 Å². The van der Waals surface area contributed by atoms with E-state index in [9.17, 15) is 0 Å². The fourth-order valence-electron chi connectivity index (χ4n) is 2.44. The molecule has 0 bridgehead atoms. The average molecular weight is 384 g/mol. The molecule has 0 heterocycles. The van der Waals surface area contributed by atoms with E-state index < -0.39 is 44.0 Å². The molecule has 14 heavy (non-hydrogen) atoms. The fraction of sp³-hybridized carbons (Fsp3) is 1.00. The standard InChI is InChI=1S/C11H27As3/c1-11(8-12(2)3,9-13(4)5)10-14(6)7/h8-10H2,1-7H3. The van der Waals surface area contributed by atoms with Gasteiger partial charge in [-0.2, -0.15) is 0 Å². The summed E-state index contributed by atoms with van der Waals surface area (Å²) in [5.41, 5.74) is 15.9. The first kappa shape index (κ1) is 15.7.